The molecule has 0 amide bonds. The van der Waals surface area contributed by atoms with Gasteiger partial charge in [-0.25, -0.2) is 22.4 Å². The lowest BCUT2D eigenvalue weighted by molar-refractivity contribution is 0.0598. The minimum absolute atomic E-state index is 0.0638. The number of hydrogen-bond acceptors (Lipinski definition) is 2. The van der Waals surface area contributed by atoms with Crippen LogP contribution in [0.2, 0.25) is 0 Å². The van der Waals surface area contributed by atoms with E-state index in [1.165, 1.54) is 0 Å². The van der Waals surface area contributed by atoms with Gasteiger partial charge in [-0.15, -0.1) is 0 Å². The van der Waals surface area contributed by atoms with Crippen molar-refractivity contribution >= 4 is 5.97 Å². The summed E-state index contributed by atoms with van der Waals surface area (Å²) >= 11 is 0. The Labute approximate surface area is 118 Å². The summed E-state index contributed by atoms with van der Waals surface area (Å²) in [6.07, 6.45) is -0.403. The number of hydrogen-bond donors (Lipinski definition) is 0. The van der Waals surface area contributed by atoms with E-state index in [1.807, 2.05) is 0 Å². The molecule has 0 unspecified atom stereocenters. The first-order valence-corrected chi connectivity index (χ1v) is 5.93. The van der Waals surface area contributed by atoms with Crippen LogP contribution in [0.3, 0.4) is 0 Å². The number of carbonyl (C=O) groups is 1. The van der Waals surface area contributed by atoms with Crippen LogP contribution in [-0.4, -0.2) is 13.1 Å². The van der Waals surface area contributed by atoms with E-state index in [0.717, 1.165) is 31.4 Å². The molecule has 21 heavy (non-hydrogen) atoms. The van der Waals surface area contributed by atoms with E-state index in [0.29, 0.717) is 6.07 Å². The number of benzene rings is 2. The zero-order valence-corrected chi connectivity index (χ0v) is 10.9. The molecule has 0 heterocycles. The van der Waals surface area contributed by atoms with Gasteiger partial charge in [-0.1, -0.05) is 6.07 Å². The fraction of sp³-hybridized carbons (Fsp3) is 0.133. The van der Waals surface area contributed by atoms with Crippen LogP contribution in [0.4, 0.5) is 17.6 Å². The van der Waals surface area contributed by atoms with Crippen LogP contribution >= 0.6 is 0 Å². The second-order valence-electron chi connectivity index (χ2n) is 4.29. The molecule has 0 radical (unpaired) electrons. The Morgan fingerprint density at radius 3 is 2.38 bits per heavy atom. The van der Waals surface area contributed by atoms with Crippen LogP contribution in [-0.2, 0) is 11.2 Å². The Morgan fingerprint density at radius 1 is 1.05 bits per heavy atom. The topological polar surface area (TPSA) is 26.3 Å². The summed E-state index contributed by atoms with van der Waals surface area (Å²) in [4.78, 5) is 11.6. The maximum Gasteiger partial charge on any atom is 0.338 e. The maximum absolute atomic E-state index is 13.9. The second kappa shape index (κ2) is 5.95. The van der Waals surface area contributed by atoms with Gasteiger partial charge in [0.2, 0.25) is 0 Å². The Balaban J connectivity index is 2.51. The minimum atomic E-state index is -1.26. The van der Waals surface area contributed by atoms with Gasteiger partial charge < -0.3 is 4.74 Å². The van der Waals surface area contributed by atoms with E-state index >= 15 is 0 Å². The van der Waals surface area contributed by atoms with E-state index in [4.69, 9.17) is 0 Å². The van der Waals surface area contributed by atoms with Gasteiger partial charge >= 0.3 is 5.97 Å². The minimum Gasteiger partial charge on any atom is -0.465 e. The number of ether oxygens (including phenoxy) is 1. The zero-order valence-electron chi connectivity index (χ0n) is 10.9. The van der Waals surface area contributed by atoms with Gasteiger partial charge in [0.15, 0.2) is 11.6 Å². The number of halogens is 4. The molecule has 110 valence electrons. The largest absolute Gasteiger partial charge is 0.465 e. The van der Waals surface area contributed by atoms with Gasteiger partial charge in [-0.05, 0) is 23.8 Å². The van der Waals surface area contributed by atoms with Crippen LogP contribution in [0.1, 0.15) is 21.5 Å². The number of methoxy groups -OCH3 is 1. The fourth-order valence-electron chi connectivity index (χ4n) is 1.92. The molecule has 6 heteroatoms. The highest BCUT2D eigenvalue weighted by atomic mass is 19.2. The van der Waals surface area contributed by atoms with E-state index in [-0.39, 0.29) is 16.7 Å². The number of carbonyl (C=O) groups excluding carboxylic acids is 1. The normalized spacial score (nSPS) is 10.5. The Morgan fingerprint density at radius 2 is 1.76 bits per heavy atom. The predicted octanol–water partition coefficient (Wildman–Crippen LogP) is 3.62. The third-order valence-electron chi connectivity index (χ3n) is 2.98. The van der Waals surface area contributed by atoms with Crippen LogP contribution in [0.15, 0.2) is 30.3 Å². The highest BCUT2D eigenvalue weighted by molar-refractivity contribution is 5.91. The third kappa shape index (κ3) is 3.04. The van der Waals surface area contributed by atoms with Crippen molar-refractivity contribution in [3.8, 4) is 0 Å². The Kier molecular flexibility index (Phi) is 4.26. The molecular formula is C15H10F4O2. The summed E-state index contributed by atoms with van der Waals surface area (Å²) in [5, 5.41) is 0. The van der Waals surface area contributed by atoms with E-state index in [1.54, 1.807) is 0 Å². The molecule has 0 aliphatic heterocycles. The van der Waals surface area contributed by atoms with Crippen molar-refractivity contribution in [3.05, 3.63) is 70.3 Å². The van der Waals surface area contributed by atoms with Gasteiger partial charge in [-0.3, -0.25) is 0 Å². The van der Waals surface area contributed by atoms with E-state index in [9.17, 15) is 22.4 Å². The smallest absolute Gasteiger partial charge is 0.338 e. The van der Waals surface area contributed by atoms with Crippen LogP contribution in [0.5, 0.6) is 0 Å². The third-order valence-corrected chi connectivity index (χ3v) is 2.98. The summed E-state index contributed by atoms with van der Waals surface area (Å²) in [5.74, 6) is -4.99. The van der Waals surface area contributed by atoms with Gasteiger partial charge in [-0.2, -0.15) is 0 Å². The molecule has 2 rings (SSSR count). The summed E-state index contributed by atoms with van der Waals surface area (Å²) in [7, 11) is 1.09. The molecule has 0 aromatic heterocycles. The molecule has 0 aliphatic carbocycles. The van der Waals surface area contributed by atoms with E-state index < -0.39 is 35.7 Å². The summed E-state index contributed by atoms with van der Waals surface area (Å²) in [6.45, 7) is 0. The lowest BCUT2D eigenvalue weighted by atomic mass is 9.98. The lowest BCUT2D eigenvalue weighted by Gasteiger charge is -2.10. The van der Waals surface area contributed by atoms with Gasteiger partial charge in [0.25, 0.3) is 0 Å². The van der Waals surface area contributed by atoms with Crippen LogP contribution in [0.25, 0.3) is 0 Å². The highest BCUT2D eigenvalue weighted by Gasteiger charge is 2.20. The summed E-state index contributed by atoms with van der Waals surface area (Å²) < 4.78 is 58.1. The van der Waals surface area contributed by atoms with Gasteiger partial charge in [0.1, 0.15) is 11.6 Å². The maximum atomic E-state index is 13.9. The lowest BCUT2D eigenvalue weighted by Crippen LogP contribution is -2.10. The molecule has 0 atom stereocenters. The monoisotopic (exact) mass is 298 g/mol. The van der Waals surface area contributed by atoms with E-state index in [2.05, 4.69) is 4.74 Å². The zero-order chi connectivity index (χ0) is 15.6. The quantitative estimate of drug-likeness (QED) is 0.639. The standard InChI is InChI=1S/C15H10F4O2/c1-21-15(20)10-4-5-12(17)14(19)11(10)6-8-2-3-9(16)7-13(8)18/h2-5,7H,6H2,1H3. The van der Waals surface area contributed by atoms with Crippen molar-refractivity contribution < 1.29 is 27.1 Å². The molecule has 2 aromatic rings. The van der Waals surface area contributed by atoms with Crippen molar-refractivity contribution in [3.63, 3.8) is 0 Å². The molecule has 0 bridgehead atoms. The van der Waals surface area contributed by atoms with Crippen molar-refractivity contribution in [2.45, 2.75) is 6.42 Å². The number of rotatable bonds is 3. The Hall–Kier alpha value is -2.37. The summed E-state index contributed by atoms with van der Waals surface area (Å²) in [5.41, 5.74) is -0.612. The first kappa shape index (κ1) is 15.0. The molecule has 0 fully saturated rings. The average molecular weight is 298 g/mol. The van der Waals surface area contributed by atoms with Crippen molar-refractivity contribution in [2.75, 3.05) is 7.11 Å². The number of esters is 1. The van der Waals surface area contributed by atoms with Crippen molar-refractivity contribution in [1.29, 1.82) is 0 Å². The molecule has 0 aliphatic rings. The molecule has 2 nitrogen and oxygen atoms in total. The molecule has 2 aromatic carbocycles. The van der Waals surface area contributed by atoms with Crippen molar-refractivity contribution in [2.24, 2.45) is 0 Å². The highest BCUT2D eigenvalue weighted by Crippen LogP contribution is 2.23. The second-order valence-corrected chi connectivity index (χ2v) is 4.29. The van der Waals surface area contributed by atoms with Gasteiger partial charge in [0.05, 0.1) is 12.7 Å². The molecule has 0 saturated carbocycles. The fourth-order valence-corrected chi connectivity index (χ4v) is 1.92. The van der Waals surface area contributed by atoms with Crippen LogP contribution < -0.4 is 0 Å². The molecule has 0 N–H and O–H groups in total. The molecular weight excluding hydrogens is 288 g/mol. The first-order chi connectivity index (χ1) is 9.93. The van der Waals surface area contributed by atoms with Gasteiger partial charge in [0, 0.05) is 18.1 Å². The average Bonchev–Trinajstić information content (AvgIpc) is 2.45. The first-order valence-electron chi connectivity index (χ1n) is 5.93. The molecule has 0 spiro atoms. The van der Waals surface area contributed by atoms with Crippen LogP contribution in [0, 0.1) is 23.3 Å². The predicted molar refractivity (Wildman–Crippen MR) is 66.9 cm³/mol. The summed E-state index contributed by atoms with van der Waals surface area (Å²) in [6, 6.07) is 4.57. The Bertz CT molecular complexity index is 698. The van der Waals surface area contributed by atoms with Crippen molar-refractivity contribution in [1.82, 2.24) is 0 Å². The molecule has 0 saturated heterocycles. The SMILES string of the molecule is COC(=O)c1ccc(F)c(F)c1Cc1ccc(F)cc1F.